The zero-order valence-corrected chi connectivity index (χ0v) is 8.50. The molecule has 14 heavy (non-hydrogen) atoms. The molecule has 1 radical (unpaired) electrons. The van der Waals surface area contributed by atoms with Crippen molar-refractivity contribution in [3.05, 3.63) is 36.8 Å². The molecule has 75 valence electrons. The van der Waals surface area contributed by atoms with E-state index >= 15 is 0 Å². The zero-order chi connectivity index (χ0) is 10.0. The molecule has 1 fully saturated rings. The highest BCUT2D eigenvalue weighted by Gasteiger charge is 2.24. The van der Waals surface area contributed by atoms with Gasteiger partial charge in [0.25, 0.3) is 0 Å². The molecule has 0 amide bonds. The fourth-order valence-corrected chi connectivity index (χ4v) is 2.60. The van der Waals surface area contributed by atoms with Crippen molar-refractivity contribution in [3.8, 4) is 0 Å². The van der Waals surface area contributed by atoms with E-state index in [1.54, 1.807) is 30.3 Å². The molecule has 0 aromatic heterocycles. The fourth-order valence-electron chi connectivity index (χ4n) is 1.32. The summed E-state index contributed by atoms with van der Waals surface area (Å²) in [6.07, 6.45) is 3.75. The predicted molar refractivity (Wildman–Crippen MR) is 54.1 cm³/mol. The van der Waals surface area contributed by atoms with E-state index < -0.39 is 10.0 Å². The number of sulfonamides is 1. The average Bonchev–Trinajstić information content (AvgIpc) is 2.13. The normalized spacial score (nSPS) is 17.7. The van der Waals surface area contributed by atoms with Gasteiger partial charge in [0, 0.05) is 6.04 Å². The first-order chi connectivity index (χ1) is 6.68. The summed E-state index contributed by atoms with van der Waals surface area (Å²) in [5, 5.41) is 0. The van der Waals surface area contributed by atoms with Gasteiger partial charge in [-0.05, 0) is 31.4 Å². The van der Waals surface area contributed by atoms with Crippen LogP contribution in [0.3, 0.4) is 0 Å². The largest absolute Gasteiger partial charge is 0.240 e. The second kappa shape index (κ2) is 3.71. The van der Waals surface area contributed by atoms with Gasteiger partial charge in [0.1, 0.15) is 0 Å². The maximum atomic E-state index is 11.7. The second-order valence-corrected chi connectivity index (χ2v) is 5.11. The summed E-state index contributed by atoms with van der Waals surface area (Å²) in [7, 11) is -3.29. The molecule has 3 nitrogen and oxygen atoms in total. The van der Waals surface area contributed by atoms with Gasteiger partial charge in [-0.3, -0.25) is 0 Å². The van der Waals surface area contributed by atoms with Crippen LogP contribution in [0.1, 0.15) is 12.8 Å². The Morgan fingerprint density at radius 1 is 1.14 bits per heavy atom. The van der Waals surface area contributed by atoms with E-state index in [9.17, 15) is 8.42 Å². The highest BCUT2D eigenvalue weighted by Crippen LogP contribution is 2.19. The van der Waals surface area contributed by atoms with E-state index in [-0.39, 0.29) is 6.04 Å². The predicted octanol–water partition coefficient (Wildman–Crippen LogP) is 1.33. The maximum Gasteiger partial charge on any atom is 0.240 e. The van der Waals surface area contributed by atoms with Crippen LogP contribution >= 0.6 is 0 Å². The van der Waals surface area contributed by atoms with Gasteiger partial charge in [0.05, 0.1) is 4.90 Å². The highest BCUT2D eigenvalue weighted by molar-refractivity contribution is 7.89. The van der Waals surface area contributed by atoms with Crippen LogP contribution in [0.2, 0.25) is 0 Å². The van der Waals surface area contributed by atoms with Crippen molar-refractivity contribution in [3.63, 3.8) is 0 Å². The molecule has 4 heteroatoms. The molecule has 0 aliphatic heterocycles. The van der Waals surface area contributed by atoms with Crippen LogP contribution in [-0.4, -0.2) is 14.5 Å². The summed E-state index contributed by atoms with van der Waals surface area (Å²) in [6.45, 7) is 0. The number of benzene rings is 1. The van der Waals surface area contributed by atoms with Crippen LogP contribution in [0.5, 0.6) is 0 Å². The van der Waals surface area contributed by atoms with Crippen molar-refractivity contribution in [2.75, 3.05) is 0 Å². The van der Waals surface area contributed by atoms with Crippen LogP contribution in [0.4, 0.5) is 0 Å². The lowest BCUT2D eigenvalue weighted by molar-refractivity contribution is 0.474. The molecule has 2 rings (SSSR count). The van der Waals surface area contributed by atoms with Crippen molar-refractivity contribution in [2.24, 2.45) is 0 Å². The number of hydrogen-bond acceptors (Lipinski definition) is 2. The summed E-state index contributed by atoms with van der Waals surface area (Å²) >= 11 is 0. The molecule has 1 aliphatic rings. The van der Waals surface area contributed by atoms with E-state index in [1.165, 1.54) is 0 Å². The van der Waals surface area contributed by atoms with Crippen LogP contribution < -0.4 is 4.72 Å². The third kappa shape index (κ3) is 1.96. The van der Waals surface area contributed by atoms with E-state index in [4.69, 9.17) is 0 Å². The molecule has 1 N–H and O–H groups in total. The van der Waals surface area contributed by atoms with Gasteiger partial charge in [0.2, 0.25) is 10.0 Å². The van der Waals surface area contributed by atoms with Gasteiger partial charge in [-0.1, -0.05) is 18.2 Å². The summed E-state index contributed by atoms with van der Waals surface area (Å²) in [6, 6.07) is 8.55. The lowest BCUT2D eigenvalue weighted by Crippen LogP contribution is -2.39. The number of nitrogens with one attached hydrogen (secondary N) is 1. The molecule has 0 bridgehead atoms. The van der Waals surface area contributed by atoms with E-state index in [0.717, 1.165) is 12.8 Å². The number of rotatable bonds is 3. The molecule has 1 aromatic rings. The lowest BCUT2D eigenvalue weighted by atomic mass is 9.94. The van der Waals surface area contributed by atoms with E-state index in [0.29, 0.717) is 4.90 Å². The Balaban J connectivity index is 2.15. The Labute approximate surface area is 84.2 Å². The summed E-state index contributed by atoms with van der Waals surface area (Å²) in [5.74, 6) is 0. The van der Waals surface area contributed by atoms with Gasteiger partial charge in [-0.2, -0.15) is 0 Å². The standard InChI is InChI=1S/C10H12NO2S/c12-14(13,11-9-5-4-6-9)10-7-2-1-3-8-10/h1-4,7-9,11H,5-6H2. The quantitative estimate of drug-likeness (QED) is 0.818. The number of hydrogen-bond donors (Lipinski definition) is 1. The molecule has 1 aliphatic carbocycles. The van der Waals surface area contributed by atoms with Gasteiger partial charge in [-0.25, -0.2) is 13.1 Å². The Kier molecular flexibility index (Phi) is 2.56. The summed E-state index contributed by atoms with van der Waals surface area (Å²) < 4.78 is 26.1. The van der Waals surface area contributed by atoms with Gasteiger partial charge in [0.15, 0.2) is 0 Å². The molecule has 1 aromatic carbocycles. The molecule has 0 heterocycles. The second-order valence-electron chi connectivity index (χ2n) is 3.39. The smallest absolute Gasteiger partial charge is 0.208 e. The molecule has 0 spiro atoms. The molecular weight excluding hydrogens is 198 g/mol. The Morgan fingerprint density at radius 3 is 2.29 bits per heavy atom. The Morgan fingerprint density at radius 2 is 1.79 bits per heavy atom. The van der Waals surface area contributed by atoms with Gasteiger partial charge in [-0.15, -0.1) is 0 Å². The van der Waals surface area contributed by atoms with Crippen LogP contribution in [0, 0.1) is 6.42 Å². The van der Waals surface area contributed by atoms with Crippen LogP contribution in [-0.2, 0) is 10.0 Å². The minimum Gasteiger partial charge on any atom is -0.208 e. The molecular formula is C10H12NO2S. The van der Waals surface area contributed by atoms with Crippen molar-refractivity contribution in [2.45, 2.75) is 23.8 Å². The summed E-state index contributed by atoms with van der Waals surface area (Å²) in [4.78, 5) is 0.340. The van der Waals surface area contributed by atoms with E-state index in [1.807, 2.05) is 0 Å². The first kappa shape index (κ1) is 9.68. The van der Waals surface area contributed by atoms with Crippen molar-refractivity contribution in [1.82, 2.24) is 4.72 Å². The topological polar surface area (TPSA) is 46.2 Å². The molecule has 0 unspecified atom stereocenters. The third-order valence-electron chi connectivity index (χ3n) is 2.28. The van der Waals surface area contributed by atoms with Crippen LogP contribution in [0.25, 0.3) is 0 Å². The fraction of sp³-hybridized carbons (Fsp3) is 0.300. The minimum absolute atomic E-state index is 0.0974. The summed E-state index contributed by atoms with van der Waals surface area (Å²) in [5.41, 5.74) is 0. The van der Waals surface area contributed by atoms with Crippen molar-refractivity contribution < 1.29 is 8.42 Å². The maximum absolute atomic E-state index is 11.7. The van der Waals surface area contributed by atoms with Crippen molar-refractivity contribution >= 4 is 10.0 Å². The first-order valence-corrected chi connectivity index (χ1v) is 6.06. The highest BCUT2D eigenvalue weighted by atomic mass is 32.2. The van der Waals surface area contributed by atoms with E-state index in [2.05, 4.69) is 11.1 Å². The zero-order valence-electron chi connectivity index (χ0n) is 7.68. The Hall–Kier alpha value is -0.870. The SMILES string of the molecule is O=S(=O)(NC1C[CH]C1)c1ccccc1. The Bertz CT molecular complexity index is 395. The average molecular weight is 210 g/mol. The minimum atomic E-state index is -3.29. The van der Waals surface area contributed by atoms with Gasteiger partial charge >= 0.3 is 0 Å². The van der Waals surface area contributed by atoms with Crippen molar-refractivity contribution in [1.29, 1.82) is 0 Å². The third-order valence-corrected chi connectivity index (χ3v) is 3.81. The monoisotopic (exact) mass is 210 g/mol. The molecule has 0 atom stereocenters. The first-order valence-electron chi connectivity index (χ1n) is 4.57. The van der Waals surface area contributed by atoms with Crippen LogP contribution in [0.15, 0.2) is 35.2 Å². The van der Waals surface area contributed by atoms with Gasteiger partial charge < -0.3 is 0 Å². The lowest BCUT2D eigenvalue weighted by Gasteiger charge is -2.25. The molecule has 0 saturated heterocycles. The molecule has 1 saturated carbocycles.